The normalized spacial score (nSPS) is 15.6. The Morgan fingerprint density at radius 2 is 2.06 bits per heavy atom. The van der Waals surface area contributed by atoms with E-state index in [1.54, 1.807) is 12.7 Å². The van der Waals surface area contributed by atoms with Crippen LogP contribution in [-0.4, -0.2) is 14.8 Å². The van der Waals surface area contributed by atoms with Gasteiger partial charge in [-0.05, 0) is 24.3 Å². The van der Waals surface area contributed by atoms with Crippen LogP contribution in [0.5, 0.6) is 0 Å². The SMILES string of the molecule is c1ccc([C](Cn2cncn2)C2CC2)cc1. The molecule has 1 radical (unpaired) electrons. The van der Waals surface area contributed by atoms with Gasteiger partial charge in [0.15, 0.2) is 0 Å². The second kappa shape index (κ2) is 4.08. The van der Waals surface area contributed by atoms with Crippen LogP contribution in [0.1, 0.15) is 18.4 Å². The van der Waals surface area contributed by atoms with E-state index in [9.17, 15) is 0 Å². The minimum atomic E-state index is 0.756. The molecule has 0 bridgehead atoms. The summed E-state index contributed by atoms with van der Waals surface area (Å²) in [6.45, 7) is 0.870. The van der Waals surface area contributed by atoms with Gasteiger partial charge in [0.2, 0.25) is 0 Å². The fraction of sp³-hybridized carbons (Fsp3) is 0.308. The summed E-state index contributed by atoms with van der Waals surface area (Å²) in [7, 11) is 0. The summed E-state index contributed by atoms with van der Waals surface area (Å²) in [5, 5.41) is 4.18. The Labute approximate surface area is 95.1 Å². The molecule has 0 aliphatic heterocycles. The van der Waals surface area contributed by atoms with Crippen molar-refractivity contribution in [3.8, 4) is 0 Å². The Morgan fingerprint density at radius 3 is 2.69 bits per heavy atom. The third kappa shape index (κ3) is 1.98. The molecule has 2 aromatic rings. The lowest BCUT2D eigenvalue weighted by Gasteiger charge is -2.15. The van der Waals surface area contributed by atoms with E-state index in [1.807, 2.05) is 4.68 Å². The van der Waals surface area contributed by atoms with Crippen molar-refractivity contribution in [1.29, 1.82) is 0 Å². The van der Waals surface area contributed by atoms with Gasteiger partial charge < -0.3 is 0 Å². The summed E-state index contributed by atoms with van der Waals surface area (Å²) in [6, 6.07) is 10.6. The van der Waals surface area contributed by atoms with E-state index in [1.165, 1.54) is 24.3 Å². The van der Waals surface area contributed by atoms with Crippen molar-refractivity contribution in [3.63, 3.8) is 0 Å². The van der Waals surface area contributed by atoms with Crippen molar-refractivity contribution in [1.82, 2.24) is 14.8 Å². The zero-order chi connectivity index (χ0) is 10.8. The average Bonchev–Trinajstić information content (AvgIpc) is 3.05. The van der Waals surface area contributed by atoms with Crippen LogP contribution >= 0.6 is 0 Å². The first kappa shape index (κ1) is 9.58. The highest BCUT2D eigenvalue weighted by atomic mass is 15.3. The fourth-order valence-corrected chi connectivity index (χ4v) is 2.03. The molecule has 0 amide bonds. The lowest BCUT2D eigenvalue weighted by molar-refractivity contribution is 0.597. The predicted molar refractivity (Wildman–Crippen MR) is 61.5 cm³/mol. The highest BCUT2D eigenvalue weighted by Crippen LogP contribution is 2.42. The van der Waals surface area contributed by atoms with E-state index < -0.39 is 0 Å². The van der Waals surface area contributed by atoms with Crippen LogP contribution < -0.4 is 0 Å². The van der Waals surface area contributed by atoms with E-state index in [2.05, 4.69) is 40.4 Å². The third-order valence-electron chi connectivity index (χ3n) is 3.01. The number of benzene rings is 1. The van der Waals surface area contributed by atoms with Crippen molar-refractivity contribution in [2.75, 3.05) is 0 Å². The first-order chi connectivity index (χ1) is 7.93. The molecule has 0 N–H and O–H groups in total. The van der Waals surface area contributed by atoms with Crippen LogP contribution in [0.25, 0.3) is 0 Å². The third-order valence-corrected chi connectivity index (χ3v) is 3.01. The first-order valence-electron chi connectivity index (χ1n) is 5.67. The lowest BCUT2D eigenvalue weighted by atomic mass is 9.94. The van der Waals surface area contributed by atoms with Gasteiger partial charge in [0, 0.05) is 5.92 Å². The predicted octanol–water partition coefficient (Wildman–Crippen LogP) is 2.31. The van der Waals surface area contributed by atoms with E-state index in [0.717, 1.165) is 12.5 Å². The molecule has 1 saturated carbocycles. The Kier molecular flexibility index (Phi) is 2.44. The number of rotatable bonds is 4. The van der Waals surface area contributed by atoms with E-state index in [-0.39, 0.29) is 0 Å². The Hall–Kier alpha value is -1.64. The maximum absolute atomic E-state index is 4.18. The molecule has 1 heterocycles. The molecule has 3 heteroatoms. The van der Waals surface area contributed by atoms with Gasteiger partial charge in [-0.25, -0.2) is 4.98 Å². The van der Waals surface area contributed by atoms with Gasteiger partial charge in [0.1, 0.15) is 12.7 Å². The molecule has 1 aromatic heterocycles. The Morgan fingerprint density at radius 1 is 1.25 bits per heavy atom. The lowest BCUT2D eigenvalue weighted by Crippen LogP contribution is -2.12. The average molecular weight is 212 g/mol. The topological polar surface area (TPSA) is 30.7 Å². The van der Waals surface area contributed by atoms with Crippen molar-refractivity contribution >= 4 is 0 Å². The quantitative estimate of drug-likeness (QED) is 0.778. The van der Waals surface area contributed by atoms with Gasteiger partial charge in [-0.3, -0.25) is 4.68 Å². The van der Waals surface area contributed by atoms with Gasteiger partial charge in [-0.2, -0.15) is 5.10 Å². The van der Waals surface area contributed by atoms with Gasteiger partial charge in [0.05, 0.1) is 6.54 Å². The molecule has 0 spiro atoms. The summed E-state index contributed by atoms with van der Waals surface area (Å²) < 4.78 is 1.90. The molecule has 0 atom stereocenters. The first-order valence-corrected chi connectivity index (χ1v) is 5.67. The maximum atomic E-state index is 4.18. The summed E-state index contributed by atoms with van der Waals surface area (Å²) >= 11 is 0. The molecule has 1 aromatic carbocycles. The monoisotopic (exact) mass is 212 g/mol. The maximum Gasteiger partial charge on any atom is 0.137 e. The summed E-state index contributed by atoms with van der Waals surface area (Å²) in [6.07, 6.45) is 6.01. The Balaban J connectivity index is 1.82. The molecule has 1 aliphatic carbocycles. The number of hydrogen-bond acceptors (Lipinski definition) is 2. The second-order valence-corrected chi connectivity index (χ2v) is 4.26. The van der Waals surface area contributed by atoms with Crippen molar-refractivity contribution in [3.05, 3.63) is 54.5 Å². The van der Waals surface area contributed by atoms with Gasteiger partial charge in [-0.15, -0.1) is 0 Å². The standard InChI is InChI=1S/C13H14N3/c1-2-4-11(5-3-1)13(12-6-7-12)8-16-10-14-9-15-16/h1-5,9-10,12H,6-8H2. The summed E-state index contributed by atoms with van der Waals surface area (Å²) in [5.74, 6) is 2.25. The molecule has 16 heavy (non-hydrogen) atoms. The molecular weight excluding hydrogens is 198 g/mol. The molecular formula is C13H14N3. The molecule has 3 rings (SSSR count). The zero-order valence-corrected chi connectivity index (χ0v) is 9.08. The van der Waals surface area contributed by atoms with E-state index >= 15 is 0 Å². The highest BCUT2D eigenvalue weighted by Gasteiger charge is 2.33. The number of aromatic nitrogens is 3. The summed E-state index contributed by atoms with van der Waals surface area (Å²) in [4.78, 5) is 3.99. The molecule has 0 unspecified atom stereocenters. The van der Waals surface area contributed by atoms with Crippen LogP contribution in [0.15, 0.2) is 43.0 Å². The van der Waals surface area contributed by atoms with Crippen LogP contribution in [0.3, 0.4) is 0 Å². The van der Waals surface area contributed by atoms with Crippen LogP contribution in [0.4, 0.5) is 0 Å². The molecule has 1 fully saturated rings. The zero-order valence-electron chi connectivity index (χ0n) is 9.08. The minimum Gasteiger partial charge on any atom is -0.252 e. The van der Waals surface area contributed by atoms with Crippen molar-refractivity contribution < 1.29 is 0 Å². The van der Waals surface area contributed by atoms with Crippen LogP contribution in [-0.2, 0) is 6.54 Å². The molecule has 81 valence electrons. The van der Waals surface area contributed by atoms with E-state index in [0.29, 0.717) is 0 Å². The minimum absolute atomic E-state index is 0.756. The summed E-state index contributed by atoms with van der Waals surface area (Å²) in [5.41, 5.74) is 1.35. The molecule has 3 nitrogen and oxygen atoms in total. The van der Waals surface area contributed by atoms with Crippen molar-refractivity contribution in [2.45, 2.75) is 19.4 Å². The highest BCUT2D eigenvalue weighted by molar-refractivity contribution is 5.33. The van der Waals surface area contributed by atoms with E-state index in [4.69, 9.17) is 0 Å². The van der Waals surface area contributed by atoms with Gasteiger partial charge >= 0.3 is 0 Å². The number of nitrogens with zero attached hydrogens (tertiary/aromatic N) is 3. The van der Waals surface area contributed by atoms with Gasteiger partial charge in [0.25, 0.3) is 0 Å². The molecule has 1 aliphatic rings. The Bertz CT molecular complexity index is 431. The van der Waals surface area contributed by atoms with Gasteiger partial charge in [-0.1, -0.05) is 30.3 Å². The molecule has 0 saturated heterocycles. The van der Waals surface area contributed by atoms with Crippen LogP contribution in [0, 0.1) is 11.8 Å². The van der Waals surface area contributed by atoms with Crippen LogP contribution in [0.2, 0.25) is 0 Å². The van der Waals surface area contributed by atoms with Crippen molar-refractivity contribution in [2.24, 2.45) is 5.92 Å². The smallest absolute Gasteiger partial charge is 0.137 e. The number of hydrogen-bond donors (Lipinski definition) is 0. The largest absolute Gasteiger partial charge is 0.252 e. The second-order valence-electron chi connectivity index (χ2n) is 4.26. The fourth-order valence-electron chi connectivity index (χ4n) is 2.03.